The molecule has 1 aliphatic rings. The Labute approximate surface area is 118 Å². The van der Waals surface area contributed by atoms with E-state index < -0.39 is 6.04 Å². The Morgan fingerprint density at radius 2 is 2.20 bits per heavy atom. The van der Waals surface area contributed by atoms with E-state index in [1.165, 1.54) is 6.33 Å². The van der Waals surface area contributed by atoms with Crippen LogP contribution in [0.3, 0.4) is 0 Å². The number of hydrogen-bond acceptors (Lipinski definition) is 4. The number of amides is 2. The zero-order valence-electron chi connectivity index (χ0n) is 12.2. The molecule has 1 fully saturated rings. The van der Waals surface area contributed by atoms with Crippen LogP contribution in [0.25, 0.3) is 0 Å². The van der Waals surface area contributed by atoms with Crippen molar-refractivity contribution in [2.45, 2.75) is 39.3 Å². The molecular formula is C13H21N5O2. The van der Waals surface area contributed by atoms with Gasteiger partial charge in [-0.2, -0.15) is 5.10 Å². The molecule has 2 rings (SSSR count). The molecule has 1 aromatic rings. The number of carbonyl (C=O) groups is 2. The molecule has 1 unspecified atom stereocenters. The highest BCUT2D eigenvalue weighted by Gasteiger charge is 2.30. The fourth-order valence-electron chi connectivity index (χ4n) is 2.32. The summed E-state index contributed by atoms with van der Waals surface area (Å²) >= 11 is 0. The molecule has 110 valence electrons. The van der Waals surface area contributed by atoms with Gasteiger partial charge in [-0.15, -0.1) is 0 Å². The van der Waals surface area contributed by atoms with Crippen molar-refractivity contribution in [1.82, 2.24) is 25.0 Å². The summed E-state index contributed by atoms with van der Waals surface area (Å²) in [6.07, 6.45) is 2.45. The third-order valence-electron chi connectivity index (χ3n) is 3.40. The van der Waals surface area contributed by atoms with Crippen LogP contribution in [0.2, 0.25) is 0 Å². The fourth-order valence-corrected chi connectivity index (χ4v) is 2.32. The molecule has 0 radical (unpaired) electrons. The third kappa shape index (κ3) is 3.34. The second-order valence-electron chi connectivity index (χ2n) is 5.56. The van der Waals surface area contributed by atoms with Crippen molar-refractivity contribution in [2.24, 2.45) is 13.0 Å². The highest BCUT2D eigenvalue weighted by Crippen LogP contribution is 2.13. The Bertz CT molecular complexity index is 497. The summed E-state index contributed by atoms with van der Waals surface area (Å²) in [5.41, 5.74) is 0. The van der Waals surface area contributed by atoms with Crippen molar-refractivity contribution in [3.8, 4) is 0 Å². The van der Waals surface area contributed by atoms with E-state index >= 15 is 0 Å². The molecule has 0 bridgehead atoms. The first-order valence-corrected chi connectivity index (χ1v) is 6.88. The average Bonchev–Trinajstić information content (AvgIpc) is 2.72. The molecule has 7 heteroatoms. The summed E-state index contributed by atoms with van der Waals surface area (Å²) < 4.78 is 1.64. The van der Waals surface area contributed by atoms with E-state index in [0.29, 0.717) is 31.8 Å². The van der Waals surface area contributed by atoms with Gasteiger partial charge in [0.15, 0.2) is 0 Å². The molecule has 1 N–H and O–H groups in total. The molecule has 1 aromatic heterocycles. The second-order valence-corrected chi connectivity index (χ2v) is 5.56. The van der Waals surface area contributed by atoms with Gasteiger partial charge >= 0.3 is 0 Å². The molecular weight excluding hydrogens is 258 g/mol. The molecule has 0 aromatic carbocycles. The van der Waals surface area contributed by atoms with Gasteiger partial charge in [0, 0.05) is 20.0 Å². The van der Waals surface area contributed by atoms with Crippen molar-refractivity contribution in [3.05, 3.63) is 12.2 Å². The Kier molecular flexibility index (Phi) is 4.36. The van der Waals surface area contributed by atoms with Crippen LogP contribution >= 0.6 is 0 Å². The van der Waals surface area contributed by atoms with Crippen LogP contribution < -0.4 is 5.32 Å². The number of nitrogens with zero attached hydrogens (tertiary/aromatic N) is 4. The number of aryl methyl sites for hydroxylation is 1. The van der Waals surface area contributed by atoms with Crippen molar-refractivity contribution in [3.63, 3.8) is 0 Å². The summed E-state index contributed by atoms with van der Waals surface area (Å²) in [6, 6.07) is -0.432. The molecule has 0 aliphatic carbocycles. The van der Waals surface area contributed by atoms with Gasteiger partial charge < -0.3 is 10.2 Å². The van der Waals surface area contributed by atoms with Gasteiger partial charge in [-0.25, -0.2) is 4.98 Å². The van der Waals surface area contributed by atoms with E-state index in [9.17, 15) is 9.59 Å². The normalized spacial score (nSPS) is 20.2. The van der Waals surface area contributed by atoms with Crippen molar-refractivity contribution < 1.29 is 9.59 Å². The van der Waals surface area contributed by atoms with Gasteiger partial charge in [-0.3, -0.25) is 14.3 Å². The van der Waals surface area contributed by atoms with Gasteiger partial charge in [-0.1, -0.05) is 13.8 Å². The zero-order chi connectivity index (χ0) is 14.7. The summed E-state index contributed by atoms with van der Waals surface area (Å²) in [7, 11) is 1.79. The van der Waals surface area contributed by atoms with Crippen LogP contribution in [0, 0.1) is 5.92 Å². The molecule has 20 heavy (non-hydrogen) atoms. The van der Waals surface area contributed by atoms with Crippen molar-refractivity contribution in [2.75, 3.05) is 6.54 Å². The molecule has 2 amide bonds. The van der Waals surface area contributed by atoms with Crippen LogP contribution in [0.5, 0.6) is 0 Å². The van der Waals surface area contributed by atoms with E-state index in [1.807, 2.05) is 13.8 Å². The van der Waals surface area contributed by atoms with Gasteiger partial charge in [0.2, 0.25) is 11.8 Å². The lowest BCUT2D eigenvalue weighted by molar-refractivity contribution is -0.134. The number of rotatable bonds is 4. The maximum absolute atomic E-state index is 12.5. The van der Waals surface area contributed by atoms with Crippen LogP contribution in [0.4, 0.5) is 0 Å². The monoisotopic (exact) mass is 279 g/mol. The summed E-state index contributed by atoms with van der Waals surface area (Å²) in [4.78, 5) is 30.1. The number of aromatic nitrogens is 3. The molecule has 0 saturated carbocycles. The Balaban J connectivity index is 2.13. The van der Waals surface area contributed by atoms with E-state index in [1.54, 1.807) is 16.6 Å². The van der Waals surface area contributed by atoms with E-state index in [4.69, 9.17) is 0 Å². The summed E-state index contributed by atoms with van der Waals surface area (Å²) in [5, 5.41) is 6.81. The maximum Gasteiger partial charge on any atom is 0.245 e. The van der Waals surface area contributed by atoms with Crippen LogP contribution in [0.15, 0.2) is 6.33 Å². The molecule has 1 aliphatic heterocycles. The predicted molar refractivity (Wildman–Crippen MR) is 72.4 cm³/mol. The fraction of sp³-hybridized carbons (Fsp3) is 0.692. The van der Waals surface area contributed by atoms with Crippen LogP contribution in [0.1, 0.15) is 32.5 Å². The standard InChI is InChI=1S/C13H21N5O2/c1-9(2)6-10-13(20)18(5-4-12(19)16-10)7-11-14-8-15-17(11)3/h8-10H,4-7H2,1-3H3,(H,16,19). The highest BCUT2D eigenvalue weighted by molar-refractivity contribution is 5.89. The largest absolute Gasteiger partial charge is 0.344 e. The van der Waals surface area contributed by atoms with E-state index in [2.05, 4.69) is 15.4 Å². The second kappa shape index (κ2) is 6.02. The minimum atomic E-state index is -0.432. The molecule has 7 nitrogen and oxygen atoms in total. The van der Waals surface area contributed by atoms with Gasteiger partial charge in [0.05, 0.1) is 6.54 Å². The Morgan fingerprint density at radius 3 is 2.80 bits per heavy atom. The van der Waals surface area contributed by atoms with Crippen molar-refractivity contribution in [1.29, 1.82) is 0 Å². The third-order valence-corrected chi connectivity index (χ3v) is 3.40. The first kappa shape index (κ1) is 14.5. The Morgan fingerprint density at radius 1 is 1.45 bits per heavy atom. The number of nitrogens with one attached hydrogen (secondary N) is 1. The van der Waals surface area contributed by atoms with Gasteiger partial charge in [-0.05, 0) is 12.3 Å². The first-order chi connectivity index (χ1) is 9.47. The Hall–Kier alpha value is -1.92. The lowest BCUT2D eigenvalue weighted by Gasteiger charge is -2.24. The SMILES string of the molecule is CC(C)CC1NC(=O)CCN(Cc2ncnn2C)C1=O. The number of hydrogen-bond donors (Lipinski definition) is 1. The van der Waals surface area contributed by atoms with Gasteiger partial charge in [0.25, 0.3) is 0 Å². The van der Waals surface area contributed by atoms with Gasteiger partial charge in [0.1, 0.15) is 18.2 Å². The van der Waals surface area contributed by atoms with E-state index in [-0.39, 0.29) is 11.8 Å². The van der Waals surface area contributed by atoms with Crippen molar-refractivity contribution >= 4 is 11.8 Å². The lowest BCUT2D eigenvalue weighted by Crippen LogP contribution is -2.45. The average molecular weight is 279 g/mol. The minimum absolute atomic E-state index is 0.0347. The van der Waals surface area contributed by atoms with Crippen LogP contribution in [-0.2, 0) is 23.2 Å². The predicted octanol–water partition coefficient (Wildman–Crippen LogP) is 0.0783. The quantitative estimate of drug-likeness (QED) is 0.846. The molecule has 0 spiro atoms. The smallest absolute Gasteiger partial charge is 0.245 e. The topological polar surface area (TPSA) is 80.1 Å². The first-order valence-electron chi connectivity index (χ1n) is 6.88. The maximum atomic E-state index is 12.5. The minimum Gasteiger partial charge on any atom is -0.344 e. The summed E-state index contributed by atoms with van der Waals surface area (Å²) in [6.45, 7) is 4.89. The van der Waals surface area contributed by atoms with Crippen LogP contribution in [-0.4, -0.2) is 44.1 Å². The van der Waals surface area contributed by atoms with E-state index in [0.717, 1.165) is 5.82 Å². The number of carbonyl (C=O) groups excluding carboxylic acids is 2. The zero-order valence-corrected chi connectivity index (χ0v) is 12.2. The molecule has 2 heterocycles. The lowest BCUT2D eigenvalue weighted by atomic mass is 10.0. The molecule has 1 atom stereocenters. The summed E-state index contributed by atoms with van der Waals surface area (Å²) in [5.74, 6) is 0.965. The highest BCUT2D eigenvalue weighted by atomic mass is 16.2. The molecule has 1 saturated heterocycles.